The Morgan fingerprint density at radius 3 is 2.73 bits per heavy atom. The summed E-state index contributed by atoms with van der Waals surface area (Å²) in [5, 5.41) is 34.2. The first-order valence-corrected chi connectivity index (χ1v) is 13.6. The Bertz CT molecular complexity index is 1400. The molecule has 6 heteroatoms. The second-order valence-electron chi connectivity index (χ2n) is 12.5. The smallest absolute Gasteiger partial charge is 0.105 e. The maximum Gasteiger partial charge on any atom is 0.105 e. The summed E-state index contributed by atoms with van der Waals surface area (Å²) in [5.74, 6) is 0.161. The van der Waals surface area contributed by atoms with Crippen molar-refractivity contribution in [2.75, 3.05) is 14.1 Å². The van der Waals surface area contributed by atoms with Crippen molar-refractivity contribution in [1.82, 2.24) is 9.88 Å². The number of fused-ring (bicyclic) bond motifs is 2. The van der Waals surface area contributed by atoms with Gasteiger partial charge in [0.1, 0.15) is 11.5 Å². The maximum atomic E-state index is 11.3. The van der Waals surface area contributed by atoms with Gasteiger partial charge in [0.2, 0.25) is 0 Å². The Labute approximate surface area is 218 Å². The molecular formula is C31H35N3O3. The minimum absolute atomic E-state index is 0.130. The predicted molar refractivity (Wildman–Crippen MR) is 141 cm³/mol. The highest BCUT2D eigenvalue weighted by Crippen LogP contribution is 2.73. The standard InChI is InChI=1S/C31H35N3O3/c1-28-11-12-29(18-32)16-22-26(35)27(36)24(34(2)3)17-30(22)13-14-31(29,37-30)25(28)10-9-21(28)19-6-4-8-23-20(19)7-5-15-33-23/h4-9,15-16,24-27,35-36H,10-14,17H2,1-3H3/t24-,25?,26+,27+,28+,29?,30+,31-/m0/s1. The number of rotatable bonds is 2. The van der Waals surface area contributed by atoms with E-state index < -0.39 is 28.8 Å². The third-order valence-electron chi connectivity index (χ3n) is 10.9. The summed E-state index contributed by atoms with van der Waals surface area (Å²) in [5.41, 5.74) is 2.15. The van der Waals surface area contributed by atoms with E-state index in [2.05, 4.69) is 54.4 Å². The molecule has 2 bridgehead atoms. The number of aromatic nitrogens is 1. The zero-order valence-corrected chi connectivity index (χ0v) is 21.8. The van der Waals surface area contributed by atoms with Crippen LogP contribution in [0, 0.1) is 28.1 Å². The highest BCUT2D eigenvalue weighted by Gasteiger charge is 2.74. The number of aliphatic hydroxyl groups is 2. The van der Waals surface area contributed by atoms with Gasteiger partial charge < -0.3 is 19.8 Å². The molecule has 5 aliphatic rings. The third-order valence-corrected chi connectivity index (χ3v) is 10.9. The number of likely N-dealkylation sites (N-methyl/N-ethyl adjacent to an activating group) is 1. The average molecular weight is 498 g/mol. The predicted octanol–water partition coefficient (Wildman–Crippen LogP) is 4.23. The van der Waals surface area contributed by atoms with Crippen LogP contribution in [0.5, 0.6) is 0 Å². The minimum Gasteiger partial charge on any atom is -0.388 e. The van der Waals surface area contributed by atoms with Crippen LogP contribution in [0.25, 0.3) is 16.5 Å². The van der Waals surface area contributed by atoms with E-state index >= 15 is 0 Å². The number of nitriles is 1. The second-order valence-corrected chi connectivity index (χ2v) is 12.5. The summed E-state index contributed by atoms with van der Waals surface area (Å²) < 4.78 is 7.29. The molecule has 2 saturated carbocycles. The number of allylic oxidation sites excluding steroid dienone is 2. The van der Waals surface area contributed by atoms with Crippen LogP contribution in [0.2, 0.25) is 0 Å². The van der Waals surface area contributed by atoms with Crippen LogP contribution in [0.1, 0.15) is 51.0 Å². The average Bonchev–Trinajstić information content (AvgIpc) is 3.42. The van der Waals surface area contributed by atoms with E-state index in [-0.39, 0.29) is 17.4 Å². The van der Waals surface area contributed by atoms with Gasteiger partial charge in [-0.2, -0.15) is 5.26 Å². The molecule has 0 radical (unpaired) electrons. The van der Waals surface area contributed by atoms with Crippen molar-refractivity contribution < 1.29 is 14.9 Å². The lowest BCUT2D eigenvalue weighted by molar-refractivity contribution is -0.223. The van der Waals surface area contributed by atoms with Gasteiger partial charge in [-0.25, -0.2) is 0 Å². The fraction of sp³-hybridized carbons (Fsp3) is 0.548. The van der Waals surface area contributed by atoms with Crippen molar-refractivity contribution >= 4 is 16.5 Å². The van der Waals surface area contributed by atoms with Gasteiger partial charge >= 0.3 is 0 Å². The van der Waals surface area contributed by atoms with Crippen LogP contribution < -0.4 is 0 Å². The van der Waals surface area contributed by atoms with Crippen molar-refractivity contribution in [3.63, 3.8) is 0 Å². The Morgan fingerprint density at radius 2 is 1.95 bits per heavy atom. The van der Waals surface area contributed by atoms with Crippen LogP contribution in [-0.4, -0.2) is 63.6 Å². The first-order chi connectivity index (χ1) is 17.7. The molecule has 2 aliphatic heterocycles. The van der Waals surface area contributed by atoms with Gasteiger partial charge in [0.05, 0.1) is 28.9 Å². The van der Waals surface area contributed by atoms with E-state index in [1.807, 2.05) is 31.3 Å². The molecule has 0 amide bonds. The number of hydrogen-bond donors (Lipinski definition) is 2. The molecule has 2 N–H and O–H groups in total. The SMILES string of the molecule is CN(C)[C@H]1C[C@@]23CC[C@]4(O2)C2CC=C(c5cccc6ncccc56)[C@@]2(C)CCC4(C#N)C=C3[C@@H](O)[C@@H]1O. The molecule has 3 heterocycles. The molecule has 2 unspecified atom stereocenters. The summed E-state index contributed by atoms with van der Waals surface area (Å²) in [6, 6.07) is 13.0. The second kappa shape index (κ2) is 7.51. The highest BCUT2D eigenvalue weighted by molar-refractivity contribution is 5.93. The number of pyridine rings is 1. The molecule has 1 saturated heterocycles. The summed E-state index contributed by atoms with van der Waals surface area (Å²) in [4.78, 5) is 6.59. The zero-order valence-electron chi connectivity index (χ0n) is 21.8. The van der Waals surface area contributed by atoms with Crippen LogP contribution in [0.3, 0.4) is 0 Å². The Kier molecular flexibility index (Phi) is 4.78. The Morgan fingerprint density at radius 1 is 1.11 bits per heavy atom. The van der Waals surface area contributed by atoms with Gasteiger partial charge in [-0.1, -0.05) is 37.3 Å². The van der Waals surface area contributed by atoms with Crippen molar-refractivity contribution in [3.8, 4) is 6.07 Å². The van der Waals surface area contributed by atoms with Crippen molar-refractivity contribution in [2.24, 2.45) is 16.7 Å². The molecule has 3 aliphatic carbocycles. The Hall–Kier alpha value is -2.56. The van der Waals surface area contributed by atoms with E-state index in [9.17, 15) is 15.5 Å². The van der Waals surface area contributed by atoms with Gasteiger partial charge in [-0.15, -0.1) is 0 Å². The topological polar surface area (TPSA) is 89.6 Å². The fourth-order valence-corrected chi connectivity index (χ4v) is 9.00. The molecule has 7 rings (SSSR count). The number of hydrogen-bond acceptors (Lipinski definition) is 6. The molecule has 37 heavy (non-hydrogen) atoms. The third kappa shape index (κ3) is 2.76. The molecular weight excluding hydrogens is 462 g/mol. The van der Waals surface area contributed by atoms with Crippen LogP contribution in [0.15, 0.2) is 54.3 Å². The van der Waals surface area contributed by atoms with Gasteiger partial charge in [-0.05, 0) is 86.9 Å². The van der Waals surface area contributed by atoms with Crippen LogP contribution in [-0.2, 0) is 4.74 Å². The molecule has 1 aromatic heterocycles. The quantitative estimate of drug-likeness (QED) is 0.604. The molecule has 6 nitrogen and oxygen atoms in total. The van der Waals surface area contributed by atoms with Crippen molar-refractivity contribution in [2.45, 2.75) is 74.9 Å². The van der Waals surface area contributed by atoms with E-state index in [4.69, 9.17) is 4.74 Å². The monoisotopic (exact) mass is 497 g/mol. The normalized spacial score (nSPS) is 44.0. The molecule has 192 valence electrons. The number of nitrogens with zero attached hydrogens (tertiary/aromatic N) is 3. The van der Waals surface area contributed by atoms with E-state index in [0.29, 0.717) is 12.8 Å². The van der Waals surface area contributed by atoms with E-state index in [0.717, 1.165) is 36.8 Å². The van der Waals surface area contributed by atoms with Gasteiger partial charge in [0.15, 0.2) is 0 Å². The van der Waals surface area contributed by atoms with Crippen molar-refractivity contribution in [3.05, 3.63) is 59.8 Å². The van der Waals surface area contributed by atoms with E-state index in [1.165, 1.54) is 16.5 Å². The van der Waals surface area contributed by atoms with Crippen LogP contribution in [0.4, 0.5) is 0 Å². The van der Waals surface area contributed by atoms with Gasteiger partial charge in [0.25, 0.3) is 0 Å². The summed E-state index contributed by atoms with van der Waals surface area (Å²) >= 11 is 0. The van der Waals surface area contributed by atoms with E-state index in [1.54, 1.807) is 0 Å². The summed E-state index contributed by atoms with van der Waals surface area (Å²) in [7, 11) is 3.89. The Balaban J connectivity index is 1.35. The fourth-order valence-electron chi connectivity index (χ4n) is 9.00. The highest BCUT2D eigenvalue weighted by atomic mass is 16.5. The molecule has 2 aromatic rings. The van der Waals surface area contributed by atoms with Gasteiger partial charge in [0, 0.05) is 23.5 Å². The first-order valence-electron chi connectivity index (χ1n) is 13.6. The lowest BCUT2D eigenvalue weighted by Crippen LogP contribution is -2.66. The largest absolute Gasteiger partial charge is 0.388 e. The first kappa shape index (κ1) is 23.5. The number of benzene rings is 1. The van der Waals surface area contributed by atoms with Crippen LogP contribution >= 0.6 is 0 Å². The zero-order chi connectivity index (χ0) is 25.8. The maximum absolute atomic E-state index is 11.3. The molecule has 3 fully saturated rings. The molecule has 8 atom stereocenters. The lowest BCUT2D eigenvalue weighted by Gasteiger charge is -2.61. The number of aliphatic hydroxyl groups excluding tert-OH is 2. The summed E-state index contributed by atoms with van der Waals surface area (Å²) in [6.07, 6.45) is 8.99. The summed E-state index contributed by atoms with van der Waals surface area (Å²) in [6.45, 7) is 2.37. The number of ether oxygens (including phenoxy) is 1. The molecule has 2 spiro atoms. The lowest BCUT2D eigenvalue weighted by atomic mass is 9.49. The van der Waals surface area contributed by atoms with Crippen molar-refractivity contribution in [1.29, 1.82) is 5.26 Å². The molecule has 1 aromatic carbocycles. The minimum atomic E-state index is -1.02. The van der Waals surface area contributed by atoms with Gasteiger partial charge in [-0.3, -0.25) is 4.98 Å².